The Balaban J connectivity index is 1.82. The molecule has 116 valence electrons. The van der Waals surface area contributed by atoms with Gasteiger partial charge in [0, 0.05) is 36.1 Å². The number of nitrogens with one attached hydrogen (secondary N) is 1. The van der Waals surface area contributed by atoms with E-state index in [0.717, 1.165) is 11.3 Å². The number of likely N-dealkylation sites (N-methyl/N-ethyl adjacent to an activating group) is 1. The van der Waals surface area contributed by atoms with Gasteiger partial charge in [0.25, 0.3) is 11.6 Å². The number of anilines is 2. The Bertz CT molecular complexity index is 832. The van der Waals surface area contributed by atoms with Gasteiger partial charge in [-0.25, -0.2) is 0 Å². The van der Waals surface area contributed by atoms with Crippen molar-refractivity contribution in [1.82, 2.24) is 0 Å². The largest absolute Gasteiger partial charge is 0.322 e. The molecule has 1 aliphatic heterocycles. The first-order valence-corrected chi connectivity index (χ1v) is 6.91. The quantitative estimate of drug-likeness (QED) is 0.695. The van der Waals surface area contributed by atoms with Crippen molar-refractivity contribution in [2.24, 2.45) is 0 Å². The lowest BCUT2D eigenvalue weighted by molar-refractivity contribution is -0.384. The highest BCUT2D eigenvalue weighted by Crippen LogP contribution is 2.30. The van der Waals surface area contributed by atoms with Gasteiger partial charge in [0.05, 0.1) is 11.3 Å². The summed E-state index contributed by atoms with van der Waals surface area (Å²) in [5.41, 5.74) is 2.27. The number of carbonyl (C=O) groups excluding carboxylic acids is 2. The van der Waals surface area contributed by atoms with Crippen LogP contribution in [0.3, 0.4) is 0 Å². The second-order valence-corrected chi connectivity index (χ2v) is 5.23. The summed E-state index contributed by atoms with van der Waals surface area (Å²) in [5, 5.41) is 13.5. The Morgan fingerprint density at radius 1 is 1.26 bits per heavy atom. The van der Waals surface area contributed by atoms with E-state index in [4.69, 9.17) is 0 Å². The topological polar surface area (TPSA) is 92.6 Å². The van der Waals surface area contributed by atoms with Crippen molar-refractivity contribution in [3.63, 3.8) is 0 Å². The third kappa shape index (κ3) is 2.76. The molecule has 0 fully saturated rings. The highest BCUT2D eigenvalue weighted by Gasteiger charge is 2.24. The van der Waals surface area contributed by atoms with Crippen LogP contribution in [0, 0.1) is 10.1 Å². The molecule has 1 aliphatic rings. The van der Waals surface area contributed by atoms with Crippen LogP contribution in [-0.4, -0.2) is 23.8 Å². The standard InChI is InChI=1S/C16H13N3O4/c1-18-14-6-5-12(7-11(14)9-15(18)20)17-16(21)10-3-2-4-13(8-10)19(22)23/h2-8H,9H2,1H3,(H,17,21). The Labute approximate surface area is 131 Å². The van der Waals surface area contributed by atoms with Gasteiger partial charge in [0.1, 0.15) is 0 Å². The van der Waals surface area contributed by atoms with Gasteiger partial charge in [-0.1, -0.05) is 6.07 Å². The van der Waals surface area contributed by atoms with Gasteiger partial charge < -0.3 is 10.2 Å². The number of hydrogen-bond donors (Lipinski definition) is 1. The lowest BCUT2D eigenvalue weighted by atomic mass is 10.1. The summed E-state index contributed by atoms with van der Waals surface area (Å²) < 4.78 is 0. The number of non-ortho nitro benzene ring substituents is 1. The third-order valence-electron chi connectivity index (χ3n) is 3.73. The summed E-state index contributed by atoms with van der Waals surface area (Å²) >= 11 is 0. The number of nitro benzene ring substituents is 1. The van der Waals surface area contributed by atoms with Crippen molar-refractivity contribution >= 4 is 28.9 Å². The van der Waals surface area contributed by atoms with Gasteiger partial charge in [-0.2, -0.15) is 0 Å². The molecule has 2 aromatic rings. The van der Waals surface area contributed by atoms with E-state index >= 15 is 0 Å². The van der Waals surface area contributed by atoms with Crippen molar-refractivity contribution < 1.29 is 14.5 Å². The molecule has 0 saturated heterocycles. The van der Waals surface area contributed by atoms with Crippen LogP contribution in [0.4, 0.5) is 17.1 Å². The number of nitrogens with zero attached hydrogens (tertiary/aromatic N) is 2. The molecule has 0 saturated carbocycles. The molecule has 0 aliphatic carbocycles. The maximum atomic E-state index is 12.2. The van der Waals surface area contributed by atoms with Crippen molar-refractivity contribution in [1.29, 1.82) is 0 Å². The minimum absolute atomic E-state index is 0.00200. The SMILES string of the molecule is CN1C(=O)Cc2cc(NC(=O)c3cccc([N+](=O)[O-])c3)ccc21. The number of amides is 2. The summed E-state index contributed by atoms with van der Waals surface area (Å²) in [6, 6.07) is 10.7. The van der Waals surface area contributed by atoms with Crippen molar-refractivity contribution in [3.05, 3.63) is 63.7 Å². The second kappa shape index (κ2) is 5.53. The highest BCUT2D eigenvalue weighted by molar-refractivity contribution is 6.06. The number of benzene rings is 2. The molecule has 3 rings (SSSR count). The minimum Gasteiger partial charge on any atom is -0.322 e. The summed E-state index contributed by atoms with van der Waals surface area (Å²) in [6.45, 7) is 0. The van der Waals surface area contributed by atoms with Crippen LogP contribution in [0.25, 0.3) is 0 Å². The van der Waals surface area contributed by atoms with Gasteiger partial charge in [0.2, 0.25) is 5.91 Å². The molecule has 23 heavy (non-hydrogen) atoms. The van der Waals surface area contributed by atoms with E-state index in [-0.39, 0.29) is 17.2 Å². The zero-order chi connectivity index (χ0) is 16.6. The van der Waals surface area contributed by atoms with Gasteiger partial charge in [-0.05, 0) is 29.8 Å². The number of fused-ring (bicyclic) bond motifs is 1. The summed E-state index contributed by atoms with van der Waals surface area (Å²) in [4.78, 5) is 35.7. The number of carbonyl (C=O) groups is 2. The summed E-state index contributed by atoms with van der Waals surface area (Å²) in [5.74, 6) is -0.437. The smallest absolute Gasteiger partial charge is 0.270 e. The van der Waals surface area contributed by atoms with Gasteiger partial charge in [-0.15, -0.1) is 0 Å². The molecule has 0 atom stereocenters. The van der Waals surface area contributed by atoms with E-state index in [1.54, 1.807) is 30.1 Å². The van der Waals surface area contributed by atoms with Crippen molar-refractivity contribution in [3.8, 4) is 0 Å². The average molecular weight is 311 g/mol. The molecule has 1 N–H and O–H groups in total. The fraction of sp³-hybridized carbons (Fsp3) is 0.125. The number of rotatable bonds is 3. The van der Waals surface area contributed by atoms with Crippen molar-refractivity contribution in [2.45, 2.75) is 6.42 Å². The number of nitro groups is 1. The molecule has 0 bridgehead atoms. The van der Waals surface area contributed by atoms with Gasteiger partial charge in [-0.3, -0.25) is 19.7 Å². The Hall–Kier alpha value is -3.22. The van der Waals surface area contributed by atoms with Crippen molar-refractivity contribution in [2.75, 3.05) is 17.3 Å². The first-order chi connectivity index (χ1) is 11.0. The molecule has 2 aromatic carbocycles. The normalized spacial score (nSPS) is 12.9. The predicted molar refractivity (Wildman–Crippen MR) is 84.6 cm³/mol. The first-order valence-electron chi connectivity index (χ1n) is 6.91. The van der Waals surface area contributed by atoms with E-state index in [1.807, 2.05) is 0 Å². The van der Waals surface area contributed by atoms with Crippen LogP contribution in [0.5, 0.6) is 0 Å². The highest BCUT2D eigenvalue weighted by atomic mass is 16.6. The van der Waals surface area contributed by atoms with Crippen LogP contribution >= 0.6 is 0 Å². The molecule has 7 nitrogen and oxygen atoms in total. The monoisotopic (exact) mass is 311 g/mol. The fourth-order valence-electron chi connectivity index (χ4n) is 2.51. The lowest BCUT2D eigenvalue weighted by Crippen LogP contribution is -2.20. The minimum atomic E-state index is -0.548. The molecular formula is C16H13N3O4. The van der Waals surface area contributed by atoms with Crippen LogP contribution in [0.2, 0.25) is 0 Å². The first kappa shape index (κ1) is 14.7. The fourth-order valence-corrected chi connectivity index (χ4v) is 2.51. The zero-order valence-electron chi connectivity index (χ0n) is 12.3. The lowest BCUT2D eigenvalue weighted by Gasteiger charge is -2.11. The van der Waals surface area contributed by atoms with E-state index in [0.29, 0.717) is 12.1 Å². The molecule has 0 radical (unpaired) electrons. The molecule has 2 amide bonds. The van der Waals surface area contributed by atoms with Crippen LogP contribution in [-0.2, 0) is 11.2 Å². The maximum Gasteiger partial charge on any atom is 0.270 e. The predicted octanol–water partition coefficient (Wildman–Crippen LogP) is 2.37. The molecule has 0 aromatic heterocycles. The second-order valence-electron chi connectivity index (χ2n) is 5.23. The van der Waals surface area contributed by atoms with Gasteiger partial charge >= 0.3 is 0 Å². The van der Waals surface area contributed by atoms with Gasteiger partial charge in [0.15, 0.2) is 0 Å². The van der Waals surface area contributed by atoms with Crippen LogP contribution in [0.15, 0.2) is 42.5 Å². The molecule has 1 heterocycles. The van der Waals surface area contributed by atoms with Crippen LogP contribution in [0.1, 0.15) is 15.9 Å². The average Bonchev–Trinajstić information content (AvgIpc) is 2.81. The van der Waals surface area contributed by atoms with E-state index < -0.39 is 10.8 Å². The molecule has 0 unspecified atom stereocenters. The van der Waals surface area contributed by atoms with E-state index in [2.05, 4.69) is 5.32 Å². The Morgan fingerprint density at radius 2 is 2.04 bits per heavy atom. The molecular weight excluding hydrogens is 298 g/mol. The number of hydrogen-bond acceptors (Lipinski definition) is 4. The Morgan fingerprint density at radius 3 is 2.78 bits per heavy atom. The molecule has 7 heteroatoms. The van der Waals surface area contributed by atoms with Crippen LogP contribution < -0.4 is 10.2 Å². The van der Waals surface area contributed by atoms with E-state index in [1.165, 1.54) is 24.3 Å². The third-order valence-corrected chi connectivity index (χ3v) is 3.73. The summed E-state index contributed by atoms with van der Waals surface area (Å²) in [7, 11) is 1.70. The summed E-state index contributed by atoms with van der Waals surface area (Å²) in [6.07, 6.45) is 0.298. The maximum absolute atomic E-state index is 12.2. The Kier molecular flexibility index (Phi) is 3.53. The zero-order valence-corrected chi connectivity index (χ0v) is 12.3. The molecule has 0 spiro atoms. The van der Waals surface area contributed by atoms with E-state index in [9.17, 15) is 19.7 Å².